The Morgan fingerprint density at radius 3 is 2.52 bits per heavy atom. The van der Waals surface area contributed by atoms with Crippen LogP contribution in [0.4, 0.5) is 10.2 Å². The van der Waals surface area contributed by atoms with E-state index in [1.165, 1.54) is 37.8 Å². The van der Waals surface area contributed by atoms with E-state index in [9.17, 15) is 8.94 Å². The summed E-state index contributed by atoms with van der Waals surface area (Å²) in [7, 11) is 1.64. The van der Waals surface area contributed by atoms with Crippen molar-refractivity contribution in [2.24, 2.45) is 0 Å². The van der Waals surface area contributed by atoms with Crippen LogP contribution in [0.15, 0.2) is 47.8 Å². The number of pyridine rings is 1. The smallest absolute Gasteiger partial charge is 0.324 e. The first-order valence-corrected chi connectivity index (χ1v) is 13.0. The van der Waals surface area contributed by atoms with Crippen molar-refractivity contribution in [3.8, 4) is 22.5 Å². The van der Waals surface area contributed by atoms with E-state index in [0.717, 1.165) is 35.5 Å². The van der Waals surface area contributed by atoms with E-state index in [1.807, 2.05) is 16.7 Å². The molecule has 1 aromatic carbocycles. The molecule has 4 rings (SSSR count). The number of halogens is 1. The molecule has 0 bridgehead atoms. The molecule has 0 amide bonds. The van der Waals surface area contributed by atoms with E-state index in [0.29, 0.717) is 30.0 Å². The molecule has 176 valence electrons. The maximum Gasteiger partial charge on any atom is 0.324 e. The minimum atomic E-state index is -1.31. The summed E-state index contributed by atoms with van der Waals surface area (Å²) >= 11 is -1.31. The molecule has 33 heavy (non-hydrogen) atoms. The van der Waals surface area contributed by atoms with E-state index < -0.39 is 11.2 Å². The summed E-state index contributed by atoms with van der Waals surface area (Å²) in [6, 6.07) is 10.6. The number of anilines is 1. The zero-order chi connectivity index (χ0) is 23.2. The number of nitrogens with one attached hydrogen (secondary N) is 1. The van der Waals surface area contributed by atoms with Gasteiger partial charge >= 0.3 is 5.16 Å². The van der Waals surface area contributed by atoms with E-state index >= 15 is 0 Å². The highest BCUT2D eigenvalue weighted by molar-refractivity contribution is 7.90. The van der Waals surface area contributed by atoms with Gasteiger partial charge in [-0.1, -0.05) is 25.7 Å². The third kappa shape index (κ3) is 5.75. The van der Waals surface area contributed by atoms with Crippen LogP contribution < -0.4 is 5.32 Å². The monoisotopic (exact) mass is 470 g/mol. The quantitative estimate of drug-likeness (QED) is 0.359. The first kappa shape index (κ1) is 23.7. The number of nitrogens with zero attached hydrogens (tertiary/aromatic N) is 3. The molecule has 0 saturated heterocycles. The number of aromatic nitrogens is 3. The van der Waals surface area contributed by atoms with E-state index in [1.54, 1.807) is 31.7 Å². The Hall–Kier alpha value is -2.42. The topological polar surface area (TPSA) is 75.0 Å². The maximum absolute atomic E-state index is 13.6. The average Bonchev–Trinajstić information content (AvgIpc) is 3.01. The molecular formula is C25H31FN4O2S. The van der Waals surface area contributed by atoms with Crippen molar-refractivity contribution >= 4 is 17.0 Å². The van der Waals surface area contributed by atoms with Crippen LogP contribution in [0.25, 0.3) is 22.5 Å². The Morgan fingerprint density at radius 1 is 1.12 bits per heavy atom. The molecule has 1 unspecified atom stereocenters. The molecule has 1 atom stereocenters. The van der Waals surface area contributed by atoms with Crippen molar-refractivity contribution < 1.29 is 13.7 Å². The van der Waals surface area contributed by atoms with Crippen LogP contribution in [0.1, 0.15) is 38.5 Å². The van der Waals surface area contributed by atoms with E-state index in [2.05, 4.69) is 10.3 Å². The second kappa shape index (κ2) is 11.1. The molecule has 0 aliphatic heterocycles. The minimum absolute atomic E-state index is 0.308. The Kier molecular flexibility index (Phi) is 8.01. The standard InChI is InChI=1S/C25H31FN4O2S/c1-32-16-15-30-24(23(29-25(30)33(2)31)18-9-11-20(26)12-10-18)19-13-14-27-22(17-19)28-21-7-5-3-4-6-8-21/h9-14,17,21H,3-8,15-16H2,1-2H3,(H,27,28). The van der Waals surface area contributed by atoms with Gasteiger partial charge in [-0.25, -0.2) is 9.37 Å². The fraction of sp³-hybridized carbons (Fsp3) is 0.440. The molecule has 3 aromatic rings. The van der Waals surface area contributed by atoms with Crippen molar-refractivity contribution in [1.82, 2.24) is 14.5 Å². The first-order valence-electron chi connectivity index (χ1n) is 11.5. The summed E-state index contributed by atoms with van der Waals surface area (Å²) in [4.78, 5) is 9.30. The van der Waals surface area contributed by atoms with Crippen molar-refractivity contribution in [2.75, 3.05) is 25.3 Å². The van der Waals surface area contributed by atoms with Crippen molar-refractivity contribution in [2.45, 2.75) is 56.3 Å². The van der Waals surface area contributed by atoms with Crippen LogP contribution in [0.3, 0.4) is 0 Å². The normalized spacial score (nSPS) is 15.9. The third-order valence-corrected chi connectivity index (χ3v) is 6.89. The number of hydrogen-bond donors (Lipinski definition) is 1. The molecule has 1 aliphatic carbocycles. The predicted octanol–water partition coefficient (Wildman–Crippen LogP) is 5.27. The maximum atomic E-state index is 13.6. The molecule has 0 radical (unpaired) electrons. The second-order valence-corrected chi connectivity index (χ2v) is 9.73. The summed E-state index contributed by atoms with van der Waals surface area (Å²) in [5.74, 6) is 0.514. The fourth-order valence-corrected chi connectivity index (χ4v) is 5.15. The molecule has 1 saturated carbocycles. The van der Waals surface area contributed by atoms with Gasteiger partial charge in [-0.15, -0.1) is 0 Å². The molecule has 1 N–H and O–H groups in total. The van der Waals surface area contributed by atoms with Crippen LogP contribution in [-0.2, 0) is 22.5 Å². The highest BCUT2D eigenvalue weighted by atomic mass is 32.2. The van der Waals surface area contributed by atoms with Gasteiger partial charge < -0.3 is 14.6 Å². The van der Waals surface area contributed by atoms with Gasteiger partial charge in [0.05, 0.1) is 18.8 Å². The van der Waals surface area contributed by atoms with Gasteiger partial charge in [-0.3, -0.25) is 4.57 Å². The van der Waals surface area contributed by atoms with E-state index in [4.69, 9.17) is 9.72 Å². The highest BCUT2D eigenvalue weighted by Gasteiger charge is 2.26. The largest absolute Gasteiger partial charge is 0.609 e. The number of ether oxygens (including phenoxy) is 1. The van der Waals surface area contributed by atoms with Crippen molar-refractivity contribution in [1.29, 1.82) is 0 Å². The van der Waals surface area contributed by atoms with Gasteiger partial charge in [-0.2, -0.15) is 4.98 Å². The Balaban J connectivity index is 1.78. The Labute approximate surface area is 197 Å². The summed E-state index contributed by atoms with van der Waals surface area (Å²) in [5, 5.41) is 4.08. The highest BCUT2D eigenvalue weighted by Crippen LogP contribution is 2.35. The van der Waals surface area contributed by atoms with Gasteiger partial charge in [0.1, 0.15) is 23.6 Å². The van der Waals surface area contributed by atoms with Crippen molar-refractivity contribution in [3.63, 3.8) is 0 Å². The average molecular weight is 471 g/mol. The number of rotatable bonds is 8. The van der Waals surface area contributed by atoms with Gasteiger partial charge in [0.25, 0.3) is 0 Å². The molecule has 0 spiro atoms. The number of benzene rings is 1. The summed E-state index contributed by atoms with van der Waals surface area (Å²) in [5.41, 5.74) is 3.18. The Bertz CT molecular complexity index is 1050. The molecule has 2 heterocycles. The zero-order valence-electron chi connectivity index (χ0n) is 19.2. The molecule has 8 heteroatoms. The lowest BCUT2D eigenvalue weighted by Gasteiger charge is -2.18. The zero-order valence-corrected chi connectivity index (χ0v) is 20.0. The molecule has 6 nitrogen and oxygen atoms in total. The first-order chi connectivity index (χ1) is 16.1. The van der Waals surface area contributed by atoms with Gasteiger partial charge in [0, 0.05) is 41.7 Å². The summed E-state index contributed by atoms with van der Waals surface area (Å²) in [6.07, 6.45) is 10.8. The number of methoxy groups -OCH3 is 1. The summed E-state index contributed by atoms with van der Waals surface area (Å²) in [6.45, 7) is 0.956. The lowest BCUT2D eigenvalue weighted by Crippen LogP contribution is -2.19. The summed E-state index contributed by atoms with van der Waals surface area (Å²) < 4.78 is 33.4. The number of imidazole rings is 1. The van der Waals surface area contributed by atoms with Crippen molar-refractivity contribution in [3.05, 3.63) is 48.4 Å². The SMILES string of the molecule is COCCn1c([S+](C)[O-])nc(-c2ccc(F)cc2)c1-c1ccnc(NC2CCCCCC2)c1. The molecule has 1 aliphatic rings. The van der Waals surface area contributed by atoms with E-state index in [-0.39, 0.29) is 5.82 Å². The Morgan fingerprint density at radius 2 is 1.85 bits per heavy atom. The minimum Gasteiger partial charge on any atom is -0.609 e. The van der Waals surface area contributed by atoms with Crippen LogP contribution in [0.2, 0.25) is 0 Å². The third-order valence-electron chi connectivity index (χ3n) is 6.07. The van der Waals surface area contributed by atoms with Gasteiger partial charge in [0.2, 0.25) is 0 Å². The molecule has 1 fully saturated rings. The lowest BCUT2D eigenvalue weighted by molar-refractivity contribution is 0.185. The lowest BCUT2D eigenvalue weighted by atomic mass is 10.0. The van der Waals surface area contributed by atoms with Crippen LogP contribution >= 0.6 is 0 Å². The van der Waals surface area contributed by atoms with Crippen LogP contribution in [0.5, 0.6) is 0 Å². The molecular weight excluding hydrogens is 439 g/mol. The van der Waals surface area contributed by atoms with Gasteiger partial charge in [-0.05, 0) is 49.2 Å². The van der Waals surface area contributed by atoms with Crippen LogP contribution in [-0.4, -0.2) is 45.1 Å². The second-order valence-electron chi connectivity index (χ2n) is 8.46. The fourth-order valence-electron chi connectivity index (χ4n) is 4.43. The predicted molar refractivity (Wildman–Crippen MR) is 130 cm³/mol. The van der Waals surface area contributed by atoms with Gasteiger partial charge in [0.15, 0.2) is 0 Å². The van der Waals surface area contributed by atoms with Crippen LogP contribution in [0, 0.1) is 5.82 Å². The molecule has 2 aromatic heterocycles. The number of hydrogen-bond acceptors (Lipinski definition) is 5.